The zero-order valence-electron chi connectivity index (χ0n) is 8.28. The Morgan fingerprint density at radius 3 is 2.36 bits per heavy atom. The average molecular weight is 155 g/mol. The standard InChI is InChI=1S/C10H21N/c1-5-6-7-8-11-9-10(2,3)4/h5-6,11H,7-9H2,1-4H3/b6-5+. The predicted octanol–water partition coefficient (Wildman–Crippen LogP) is 2.59. The van der Waals surface area contributed by atoms with Crippen LogP contribution < -0.4 is 5.32 Å². The monoisotopic (exact) mass is 155 g/mol. The molecule has 0 saturated carbocycles. The Hall–Kier alpha value is -0.300. The molecular formula is C10H21N. The third-order valence-corrected chi connectivity index (χ3v) is 1.38. The van der Waals surface area contributed by atoms with Gasteiger partial charge in [0.1, 0.15) is 0 Å². The van der Waals surface area contributed by atoms with Crippen molar-refractivity contribution in [3.63, 3.8) is 0 Å². The fraction of sp³-hybridized carbons (Fsp3) is 0.800. The minimum atomic E-state index is 0.413. The summed E-state index contributed by atoms with van der Waals surface area (Å²) in [7, 11) is 0. The molecule has 0 bridgehead atoms. The molecule has 0 unspecified atom stereocenters. The van der Waals surface area contributed by atoms with Gasteiger partial charge in [0, 0.05) is 0 Å². The molecule has 11 heavy (non-hydrogen) atoms. The number of allylic oxidation sites excluding steroid dienone is 1. The molecule has 0 aromatic heterocycles. The molecule has 0 aromatic carbocycles. The largest absolute Gasteiger partial charge is 0.316 e. The van der Waals surface area contributed by atoms with E-state index in [-0.39, 0.29) is 0 Å². The number of rotatable bonds is 4. The normalized spacial score (nSPS) is 12.7. The van der Waals surface area contributed by atoms with Gasteiger partial charge in [0.15, 0.2) is 0 Å². The molecule has 1 N–H and O–H groups in total. The smallest absolute Gasteiger partial charge is 0.00000000877 e. The summed E-state index contributed by atoms with van der Waals surface area (Å²) in [5.74, 6) is 0. The lowest BCUT2D eigenvalue weighted by molar-refractivity contribution is 0.382. The molecule has 0 aliphatic rings. The molecule has 0 aromatic rings. The fourth-order valence-electron chi connectivity index (χ4n) is 0.815. The molecule has 0 fully saturated rings. The van der Waals surface area contributed by atoms with E-state index in [1.807, 2.05) is 0 Å². The Bertz CT molecular complexity index is 109. The van der Waals surface area contributed by atoms with Crippen LogP contribution in [0.2, 0.25) is 0 Å². The first-order chi connectivity index (χ1) is 5.06. The van der Waals surface area contributed by atoms with Crippen molar-refractivity contribution in [2.24, 2.45) is 5.41 Å². The van der Waals surface area contributed by atoms with Crippen LogP contribution in [0.15, 0.2) is 12.2 Å². The Labute approximate surface area is 70.9 Å². The molecular weight excluding hydrogens is 134 g/mol. The van der Waals surface area contributed by atoms with Crippen LogP contribution in [0.4, 0.5) is 0 Å². The van der Waals surface area contributed by atoms with Gasteiger partial charge in [-0.25, -0.2) is 0 Å². The molecule has 1 nitrogen and oxygen atoms in total. The topological polar surface area (TPSA) is 12.0 Å². The van der Waals surface area contributed by atoms with Crippen LogP contribution in [-0.2, 0) is 0 Å². The Kier molecular flexibility index (Phi) is 5.22. The summed E-state index contributed by atoms with van der Waals surface area (Å²) < 4.78 is 0. The van der Waals surface area contributed by atoms with Crippen molar-refractivity contribution < 1.29 is 0 Å². The van der Waals surface area contributed by atoms with Crippen LogP contribution in [0.5, 0.6) is 0 Å². The number of hydrogen-bond donors (Lipinski definition) is 1. The van der Waals surface area contributed by atoms with Gasteiger partial charge in [-0.2, -0.15) is 0 Å². The van der Waals surface area contributed by atoms with Crippen LogP contribution in [0.25, 0.3) is 0 Å². The van der Waals surface area contributed by atoms with Crippen molar-refractivity contribution in [2.75, 3.05) is 13.1 Å². The molecule has 66 valence electrons. The highest BCUT2D eigenvalue weighted by Gasteiger charge is 2.07. The molecule has 0 spiro atoms. The van der Waals surface area contributed by atoms with E-state index in [1.165, 1.54) is 0 Å². The SMILES string of the molecule is C/C=C/CCNCC(C)(C)C. The highest BCUT2D eigenvalue weighted by atomic mass is 14.9. The Morgan fingerprint density at radius 2 is 1.91 bits per heavy atom. The van der Waals surface area contributed by atoms with Crippen molar-refractivity contribution >= 4 is 0 Å². The van der Waals surface area contributed by atoms with Gasteiger partial charge >= 0.3 is 0 Å². The summed E-state index contributed by atoms with van der Waals surface area (Å²) in [6, 6.07) is 0. The van der Waals surface area contributed by atoms with Crippen molar-refractivity contribution in [3.8, 4) is 0 Å². The molecule has 0 radical (unpaired) electrons. The maximum Gasteiger partial charge on any atom is -0.00000000877 e. The molecule has 0 amide bonds. The molecule has 0 rings (SSSR count). The Balaban J connectivity index is 3.15. The van der Waals surface area contributed by atoms with Gasteiger partial charge < -0.3 is 5.32 Å². The van der Waals surface area contributed by atoms with E-state index in [4.69, 9.17) is 0 Å². The van der Waals surface area contributed by atoms with Crippen molar-refractivity contribution in [3.05, 3.63) is 12.2 Å². The third kappa shape index (κ3) is 9.70. The Morgan fingerprint density at radius 1 is 1.27 bits per heavy atom. The van der Waals surface area contributed by atoms with E-state index in [1.54, 1.807) is 0 Å². The summed E-state index contributed by atoms with van der Waals surface area (Å²) >= 11 is 0. The fourth-order valence-corrected chi connectivity index (χ4v) is 0.815. The lowest BCUT2D eigenvalue weighted by atomic mass is 9.97. The van der Waals surface area contributed by atoms with Gasteiger partial charge in [0.2, 0.25) is 0 Å². The summed E-state index contributed by atoms with van der Waals surface area (Å²) in [5.41, 5.74) is 0.413. The molecule has 0 aliphatic carbocycles. The molecule has 0 aliphatic heterocycles. The van der Waals surface area contributed by atoms with E-state index >= 15 is 0 Å². The molecule has 0 atom stereocenters. The maximum atomic E-state index is 3.41. The van der Waals surface area contributed by atoms with E-state index < -0.39 is 0 Å². The van der Waals surface area contributed by atoms with Gasteiger partial charge in [-0.3, -0.25) is 0 Å². The zero-order valence-corrected chi connectivity index (χ0v) is 8.28. The highest BCUT2D eigenvalue weighted by molar-refractivity contribution is 4.77. The summed E-state index contributed by atoms with van der Waals surface area (Å²) in [6.45, 7) is 11.0. The van der Waals surface area contributed by atoms with Gasteiger partial charge in [-0.15, -0.1) is 0 Å². The van der Waals surface area contributed by atoms with Gasteiger partial charge in [0.25, 0.3) is 0 Å². The summed E-state index contributed by atoms with van der Waals surface area (Å²) in [5, 5.41) is 3.41. The van der Waals surface area contributed by atoms with Gasteiger partial charge in [-0.05, 0) is 31.8 Å². The van der Waals surface area contributed by atoms with E-state index in [0.29, 0.717) is 5.41 Å². The van der Waals surface area contributed by atoms with Crippen molar-refractivity contribution in [1.82, 2.24) is 5.32 Å². The van der Waals surface area contributed by atoms with E-state index in [9.17, 15) is 0 Å². The maximum absolute atomic E-state index is 3.41. The van der Waals surface area contributed by atoms with Crippen LogP contribution >= 0.6 is 0 Å². The third-order valence-electron chi connectivity index (χ3n) is 1.38. The highest BCUT2D eigenvalue weighted by Crippen LogP contribution is 2.09. The minimum Gasteiger partial charge on any atom is -0.316 e. The van der Waals surface area contributed by atoms with Crippen LogP contribution in [0.3, 0.4) is 0 Å². The average Bonchev–Trinajstić information content (AvgIpc) is 1.85. The summed E-state index contributed by atoms with van der Waals surface area (Å²) in [6.07, 6.45) is 5.43. The number of hydrogen-bond acceptors (Lipinski definition) is 1. The zero-order chi connectivity index (χ0) is 8.74. The van der Waals surface area contributed by atoms with Crippen molar-refractivity contribution in [1.29, 1.82) is 0 Å². The second kappa shape index (κ2) is 5.36. The first-order valence-corrected chi connectivity index (χ1v) is 4.38. The first kappa shape index (κ1) is 10.7. The summed E-state index contributed by atoms with van der Waals surface area (Å²) in [4.78, 5) is 0. The van der Waals surface area contributed by atoms with Crippen LogP contribution in [0.1, 0.15) is 34.1 Å². The molecule has 0 saturated heterocycles. The van der Waals surface area contributed by atoms with Crippen LogP contribution in [0, 0.1) is 5.41 Å². The van der Waals surface area contributed by atoms with Gasteiger partial charge in [-0.1, -0.05) is 32.9 Å². The molecule has 0 heterocycles. The van der Waals surface area contributed by atoms with E-state index in [2.05, 4.69) is 45.2 Å². The van der Waals surface area contributed by atoms with E-state index in [0.717, 1.165) is 19.5 Å². The second-order valence-corrected chi connectivity index (χ2v) is 4.10. The minimum absolute atomic E-state index is 0.413. The van der Waals surface area contributed by atoms with Gasteiger partial charge in [0.05, 0.1) is 0 Å². The van der Waals surface area contributed by atoms with Crippen LogP contribution in [-0.4, -0.2) is 13.1 Å². The molecule has 1 heteroatoms. The lowest BCUT2D eigenvalue weighted by Gasteiger charge is -2.18. The quantitative estimate of drug-likeness (QED) is 0.486. The first-order valence-electron chi connectivity index (χ1n) is 4.38. The number of nitrogens with one attached hydrogen (secondary N) is 1. The predicted molar refractivity (Wildman–Crippen MR) is 51.8 cm³/mol. The van der Waals surface area contributed by atoms with Crippen molar-refractivity contribution in [2.45, 2.75) is 34.1 Å². The second-order valence-electron chi connectivity index (χ2n) is 4.10. The lowest BCUT2D eigenvalue weighted by Crippen LogP contribution is -2.27.